The molecule has 158 valence electrons. The molecular formula is C24H29N3O2S. The molecule has 3 rings (SSSR count). The highest BCUT2D eigenvalue weighted by Crippen LogP contribution is 2.30. The van der Waals surface area contributed by atoms with Gasteiger partial charge in [0.15, 0.2) is 0 Å². The Kier molecular flexibility index (Phi) is 7.24. The lowest BCUT2D eigenvalue weighted by atomic mass is 10.1. The number of ether oxygens (including phenoxy) is 1. The molecule has 0 bridgehead atoms. The molecular weight excluding hydrogens is 394 g/mol. The minimum Gasteiger partial charge on any atom is -0.495 e. The Morgan fingerprint density at radius 3 is 2.80 bits per heavy atom. The Morgan fingerprint density at radius 2 is 2.17 bits per heavy atom. The molecule has 1 aliphatic heterocycles. The quantitative estimate of drug-likeness (QED) is 0.590. The number of aromatic nitrogens is 2. The van der Waals surface area contributed by atoms with Gasteiger partial charge in [-0.1, -0.05) is 37.5 Å². The van der Waals surface area contributed by atoms with Crippen molar-refractivity contribution >= 4 is 17.1 Å². The number of benzene rings is 1. The van der Waals surface area contributed by atoms with Gasteiger partial charge in [0, 0.05) is 23.7 Å². The van der Waals surface area contributed by atoms with E-state index in [1.165, 1.54) is 0 Å². The van der Waals surface area contributed by atoms with E-state index < -0.39 is 11.0 Å². The van der Waals surface area contributed by atoms with Crippen LogP contribution in [0, 0.1) is 6.92 Å². The van der Waals surface area contributed by atoms with Crippen LogP contribution in [0.1, 0.15) is 31.0 Å². The van der Waals surface area contributed by atoms with Crippen LogP contribution < -0.4 is 4.74 Å². The van der Waals surface area contributed by atoms with Gasteiger partial charge in [-0.05, 0) is 56.0 Å². The van der Waals surface area contributed by atoms with Gasteiger partial charge in [0.25, 0.3) is 0 Å². The zero-order valence-electron chi connectivity index (χ0n) is 17.9. The molecule has 0 spiro atoms. The zero-order valence-corrected chi connectivity index (χ0v) is 18.7. The number of methoxy groups -OCH3 is 1. The maximum atomic E-state index is 13.3. The molecule has 30 heavy (non-hydrogen) atoms. The van der Waals surface area contributed by atoms with Crippen molar-refractivity contribution in [2.75, 3.05) is 13.7 Å². The van der Waals surface area contributed by atoms with Crippen LogP contribution in [0.3, 0.4) is 0 Å². The van der Waals surface area contributed by atoms with Crippen LogP contribution in [-0.2, 0) is 11.0 Å². The number of allylic oxidation sites excluding steroid dienone is 3. The van der Waals surface area contributed by atoms with Crippen LogP contribution in [0.15, 0.2) is 72.6 Å². The Labute approximate surface area is 181 Å². The average Bonchev–Trinajstić information content (AvgIpc) is 3.19. The Balaban J connectivity index is 1.88. The molecule has 0 amide bonds. The summed E-state index contributed by atoms with van der Waals surface area (Å²) in [4.78, 5) is 5.21. The minimum absolute atomic E-state index is 0.00595. The van der Waals surface area contributed by atoms with E-state index in [1.54, 1.807) is 19.5 Å². The van der Waals surface area contributed by atoms with Crippen molar-refractivity contribution in [3.05, 3.63) is 83.8 Å². The fourth-order valence-corrected chi connectivity index (χ4v) is 5.17. The molecule has 0 N–H and O–H groups in total. The van der Waals surface area contributed by atoms with E-state index in [0.717, 1.165) is 52.6 Å². The second kappa shape index (κ2) is 9.87. The van der Waals surface area contributed by atoms with Crippen molar-refractivity contribution in [1.29, 1.82) is 0 Å². The summed E-state index contributed by atoms with van der Waals surface area (Å²) in [5.74, 6) is 0.747. The first-order chi connectivity index (χ1) is 14.5. The van der Waals surface area contributed by atoms with Gasteiger partial charge in [-0.2, -0.15) is 0 Å². The van der Waals surface area contributed by atoms with Crippen molar-refractivity contribution in [2.24, 2.45) is 0 Å². The van der Waals surface area contributed by atoms with Gasteiger partial charge in [-0.15, -0.1) is 0 Å². The van der Waals surface area contributed by atoms with Crippen LogP contribution in [0.25, 0.3) is 11.8 Å². The lowest BCUT2D eigenvalue weighted by Gasteiger charge is -2.33. The number of imidazole rings is 1. The molecule has 1 saturated heterocycles. The van der Waals surface area contributed by atoms with E-state index in [4.69, 9.17) is 4.74 Å². The number of rotatable bonds is 7. The van der Waals surface area contributed by atoms with Crippen molar-refractivity contribution in [1.82, 2.24) is 13.9 Å². The molecule has 6 heteroatoms. The minimum atomic E-state index is -1.20. The highest BCUT2D eigenvalue weighted by Gasteiger charge is 2.28. The predicted octanol–water partition coefficient (Wildman–Crippen LogP) is 4.98. The molecule has 2 heterocycles. The summed E-state index contributed by atoms with van der Waals surface area (Å²) in [5.41, 5.74) is 3.85. The second-order valence-electron chi connectivity index (χ2n) is 7.24. The zero-order chi connectivity index (χ0) is 21.7. The van der Waals surface area contributed by atoms with Crippen molar-refractivity contribution in [3.8, 4) is 11.4 Å². The van der Waals surface area contributed by atoms with Gasteiger partial charge in [0.1, 0.15) is 16.7 Å². The molecule has 2 atom stereocenters. The molecule has 2 unspecified atom stereocenters. The summed E-state index contributed by atoms with van der Waals surface area (Å²) in [6, 6.07) is 6.00. The standard InChI is InChI=1S/C24H29N3O2S/c1-6-9-21(7-2)19(4)27-13-8-10-22(30(27)28)14-20-11-12-23(24(15-20)29-5)26-16-18(3)25-17-26/h6-7,9,11-12,14-17,19H,1-2,8,10,13H2,3-5H3/b21-9+,22-14+. The molecule has 0 radical (unpaired) electrons. The molecule has 0 aliphatic carbocycles. The number of nitrogens with zero attached hydrogens (tertiary/aromatic N) is 3. The highest BCUT2D eigenvalue weighted by molar-refractivity contribution is 7.86. The summed E-state index contributed by atoms with van der Waals surface area (Å²) in [6.45, 7) is 12.4. The van der Waals surface area contributed by atoms with E-state index in [0.29, 0.717) is 0 Å². The monoisotopic (exact) mass is 423 g/mol. The topological polar surface area (TPSA) is 47.4 Å². The maximum Gasteiger partial charge on any atom is 0.143 e. The number of hydrogen-bond acceptors (Lipinski definition) is 3. The molecule has 2 aromatic rings. The fourth-order valence-electron chi connectivity index (χ4n) is 3.61. The second-order valence-corrected chi connectivity index (χ2v) is 8.73. The summed E-state index contributed by atoms with van der Waals surface area (Å²) >= 11 is 0. The third-order valence-corrected chi connectivity index (χ3v) is 6.92. The SMILES string of the molecule is C=C/C=C(\C=C)C(C)N1CCC/C(=C\c2ccc(-n3cnc(C)c3)c(OC)c2)S1=O. The largest absolute Gasteiger partial charge is 0.495 e. The van der Waals surface area contributed by atoms with Crippen LogP contribution >= 0.6 is 0 Å². The van der Waals surface area contributed by atoms with E-state index in [2.05, 4.69) is 25.1 Å². The summed E-state index contributed by atoms with van der Waals surface area (Å²) in [7, 11) is 0.454. The van der Waals surface area contributed by atoms with Gasteiger partial charge >= 0.3 is 0 Å². The van der Waals surface area contributed by atoms with Crippen LogP contribution in [0.2, 0.25) is 0 Å². The molecule has 5 nitrogen and oxygen atoms in total. The van der Waals surface area contributed by atoms with Gasteiger partial charge < -0.3 is 9.30 Å². The molecule has 1 aliphatic rings. The maximum absolute atomic E-state index is 13.3. The van der Waals surface area contributed by atoms with E-state index >= 15 is 0 Å². The Morgan fingerprint density at radius 1 is 1.37 bits per heavy atom. The van der Waals surface area contributed by atoms with E-state index in [1.807, 2.05) is 58.4 Å². The van der Waals surface area contributed by atoms with Crippen LogP contribution in [0.4, 0.5) is 0 Å². The van der Waals surface area contributed by atoms with E-state index in [9.17, 15) is 4.21 Å². The molecule has 0 saturated carbocycles. The highest BCUT2D eigenvalue weighted by atomic mass is 32.2. The first kappa shape index (κ1) is 22.0. The van der Waals surface area contributed by atoms with Gasteiger partial charge in [0.05, 0.1) is 24.8 Å². The number of hydrogen-bond donors (Lipinski definition) is 0. The summed E-state index contributed by atoms with van der Waals surface area (Å²) in [6.07, 6.45) is 13.0. The van der Waals surface area contributed by atoms with Crippen molar-refractivity contribution in [2.45, 2.75) is 32.7 Å². The summed E-state index contributed by atoms with van der Waals surface area (Å²) in [5, 5.41) is 0. The lowest BCUT2D eigenvalue weighted by molar-refractivity contribution is 0.381. The van der Waals surface area contributed by atoms with Crippen molar-refractivity contribution in [3.63, 3.8) is 0 Å². The first-order valence-electron chi connectivity index (χ1n) is 10.0. The van der Waals surface area contributed by atoms with Crippen LogP contribution in [-0.4, -0.2) is 37.8 Å². The normalized spacial score (nSPS) is 20.2. The molecule has 1 aromatic heterocycles. The smallest absolute Gasteiger partial charge is 0.143 e. The Hall–Kier alpha value is -2.70. The number of aryl methyl sites for hydroxylation is 1. The van der Waals surface area contributed by atoms with Crippen LogP contribution in [0.5, 0.6) is 5.75 Å². The fraction of sp³-hybridized carbons (Fsp3) is 0.292. The van der Waals surface area contributed by atoms with E-state index in [-0.39, 0.29) is 6.04 Å². The average molecular weight is 424 g/mol. The Bertz CT molecular complexity index is 1020. The van der Waals surface area contributed by atoms with Gasteiger partial charge in [-0.25, -0.2) is 13.5 Å². The first-order valence-corrected chi connectivity index (χ1v) is 11.1. The lowest BCUT2D eigenvalue weighted by Crippen LogP contribution is -2.39. The predicted molar refractivity (Wildman–Crippen MR) is 125 cm³/mol. The molecule has 1 fully saturated rings. The van der Waals surface area contributed by atoms with Gasteiger partial charge in [-0.3, -0.25) is 0 Å². The molecule has 1 aromatic carbocycles. The van der Waals surface area contributed by atoms with Gasteiger partial charge in [0.2, 0.25) is 0 Å². The van der Waals surface area contributed by atoms with Crippen molar-refractivity contribution < 1.29 is 8.95 Å². The summed E-state index contributed by atoms with van der Waals surface area (Å²) < 4.78 is 22.8. The third kappa shape index (κ3) is 4.71. The third-order valence-electron chi connectivity index (χ3n) is 5.22.